The van der Waals surface area contributed by atoms with Gasteiger partial charge in [0.1, 0.15) is 0 Å². The fourth-order valence-electron chi connectivity index (χ4n) is 0.349. The summed E-state index contributed by atoms with van der Waals surface area (Å²) in [6.07, 6.45) is 5.32. The van der Waals surface area contributed by atoms with Gasteiger partial charge in [-0.25, -0.2) is 4.99 Å². The molecule has 1 heterocycles. The average molecular weight is 94.1 g/mol. The second-order valence-corrected chi connectivity index (χ2v) is 1.35. The summed E-state index contributed by atoms with van der Waals surface area (Å²) in [5.74, 6) is 2.67. The van der Waals surface area contributed by atoms with E-state index < -0.39 is 0 Å². The van der Waals surface area contributed by atoms with E-state index in [1.54, 1.807) is 12.4 Å². The van der Waals surface area contributed by atoms with E-state index in [1.807, 2.05) is 18.1 Å². The normalized spacial score (nSPS) is 15.9. The van der Waals surface area contributed by atoms with Gasteiger partial charge in [0.25, 0.3) is 0 Å². The maximum atomic E-state index is 3.70. The number of rotatable bonds is 0. The third kappa shape index (κ3) is 0.913. The van der Waals surface area contributed by atoms with E-state index in [4.69, 9.17) is 0 Å². The molecule has 1 aliphatic heterocycles. The molecular formula is C5H6N2. The Morgan fingerprint density at radius 3 is 2.86 bits per heavy atom. The van der Waals surface area contributed by atoms with Crippen molar-refractivity contribution in [3.05, 3.63) is 18.6 Å². The molecule has 1 aliphatic rings. The molecule has 0 aromatic carbocycles. The van der Waals surface area contributed by atoms with Gasteiger partial charge in [-0.2, -0.15) is 0 Å². The van der Waals surface area contributed by atoms with Gasteiger partial charge in [-0.1, -0.05) is 0 Å². The lowest BCUT2D eigenvalue weighted by atomic mass is 10.7. The van der Waals surface area contributed by atoms with Crippen molar-refractivity contribution in [2.45, 2.75) is 0 Å². The first-order chi connectivity index (χ1) is 3.39. The Labute approximate surface area is 42.5 Å². The molecule has 0 amide bonds. The van der Waals surface area contributed by atoms with Gasteiger partial charge in [-0.3, -0.25) is 0 Å². The van der Waals surface area contributed by atoms with Gasteiger partial charge in [0.05, 0.1) is 12.4 Å². The highest BCUT2D eigenvalue weighted by Gasteiger charge is 1.80. The lowest BCUT2D eigenvalue weighted by Crippen LogP contribution is -2.00. The Balaban J connectivity index is 2.77. The van der Waals surface area contributed by atoms with Gasteiger partial charge in [0.15, 0.2) is 0 Å². The van der Waals surface area contributed by atoms with Crippen molar-refractivity contribution in [2.24, 2.45) is 4.99 Å². The standard InChI is InChI=1S/C5H6N2/c1-7-4-2-6-3-5-7/h2,4-5H,1H3. The van der Waals surface area contributed by atoms with E-state index in [0.717, 1.165) is 0 Å². The highest BCUT2D eigenvalue weighted by Crippen LogP contribution is 1.86. The summed E-state index contributed by atoms with van der Waals surface area (Å²) in [6, 6.07) is 0. The van der Waals surface area contributed by atoms with Gasteiger partial charge in [0.2, 0.25) is 0 Å². The largest absolute Gasteiger partial charge is 0.348 e. The Morgan fingerprint density at radius 2 is 2.57 bits per heavy atom. The molecule has 0 aliphatic carbocycles. The van der Waals surface area contributed by atoms with Crippen LogP contribution in [-0.2, 0) is 0 Å². The van der Waals surface area contributed by atoms with Crippen molar-refractivity contribution >= 4 is 5.87 Å². The number of hydrogen-bond donors (Lipinski definition) is 0. The van der Waals surface area contributed by atoms with E-state index in [1.165, 1.54) is 0 Å². The molecule has 0 atom stereocenters. The van der Waals surface area contributed by atoms with Gasteiger partial charge >= 0.3 is 0 Å². The molecule has 0 saturated carbocycles. The maximum Gasteiger partial charge on any atom is 0.0660 e. The van der Waals surface area contributed by atoms with E-state index in [9.17, 15) is 0 Å². The van der Waals surface area contributed by atoms with Crippen LogP contribution in [0.1, 0.15) is 0 Å². The number of hydrogen-bond acceptors (Lipinski definition) is 2. The maximum absolute atomic E-state index is 3.70. The minimum Gasteiger partial charge on any atom is -0.348 e. The smallest absolute Gasteiger partial charge is 0.0660 e. The predicted octanol–water partition coefficient (Wildman–Crippen LogP) is 0.586. The minimum absolute atomic E-state index is 1.69. The lowest BCUT2D eigenvalue weighted by Gasteiger charge is -2.03. The third-order valence-corrected chi connectivity index (χ3v) is 0.712. The van der Waals surface area contributed by atoms with E-state index in [-0.39, 0.29) is 0 Å². The summed E-state index contributed by atoms with van der Waals surface area (Å²) in [5.41, 5.74) is 0. The van der Waals surface area contributed by atoms with Crippen molar-refractivity contribution in [1.29, 1.82) is 0 Å². The first kappa shape index (κ1) is 4.16. The van der Waals surface area contributed by atoms with Gasteiger partial charge in [0, 0.05) is 19.1 Å². The van der Waals surface area contributed by atoms with Crippen LogP contribution in [0.3, 0.4) is 0 Å². The molecule has 2 heteroatoms. The van der Waals surface area contributed by atoms with Crippen LogP contribution in [0, 0.1) is 0 Å². The lowest BCUT2D eigenvalue weighted by molar-refractivity contribution is 0.627. The topological polar surface area (TPSA) is 15.6 Å². The Hall–Kier alpha value is -1.01. The summed E-state index contributed by atoms with van der Waals surface area (Å²) >= 11 is 0. The Morgan fingerprint density at radius 1 is 1.71 bits per heavy atom. The van der Waals surface area contributed by atoms with Gasteiger partial charge in [-0.05, 0) is 0 Å². The SMILES string of the molecule is CN1C=C=NC=C1. The molecule has 0 bridgehead atoms. The van der Waals surface area contributed by atoms with Gasteiger partial charge in [-0.15, -0.1) is 0 Å². The Bertz CT molecular complexity index is 140. The molecule has 1 rings (SSSR count). The summed E-state index contributed by atoms with van der Waals surface area (Å²) in [4.78, 5) is 5.58. The first-order valence-corrected chi connectivity index (χ1v) is 2.07. The van der Waals surface area contributed by atoms with Gasteiger partial charge < -0.3 is 4.90 Å². The first-order valence-electron chi connectivity index (χ1n) is 2.07. The molecule has 0 radical (unpaired) electrons. The van der Waals surface area contributed by atoms with Crippen molar-refractivity contribution in [3.63, 3.8) is 0 Å². The molecule has 0 aromatic heterocycles. The molecule has 0 aromatic rings. The van der Waals surface area contributed by atoms with E-state index >= 15 is 0 Å². The Kier molecular flexibility index (Phi) is 0.966. The second-order valence-electron chi connectivity index (χ2n) is 1.35. The van der Waals surface area contributed by atoms with E-state index in [2.05, 4.69) is 10.9 Å². The molecule has 2 nitrogen and oxygen atoms in total. The quantitative estimate of drug-likeness (QED) is 0.429. The van der Waals surface area contributed by atoms with Crippen molar-refractivity contribution in [3.8, 4) is 0 Å². The molecule has 0 unspecified atom stereocenters. The van der Waals surface area contributed by atoms with Crippen LogP contribution in [0.25, 0.3) is 0 Å². The molecule has 0 N–H and O–H groups in total. The van der Waals surface area contributed by atoms with Crippen LogP contribution in [0.5, 0.6) is 0 Å². The van der Waals surface area contributed by atoms with Crippen LogP contribution in [-0.4, -0.2) is 17.8 Å². The average Bonchev–Trinajstić information content (AvgIpc) is 1.69. The summed E-state index contributed by atoms with van der Waals surface area (Å²) in [6.45, 7) is 0. The summed E-state index contributed by atoms with van der Waals surface area (Å²) < 4.78 is 0. The van der Waals surface area contributed by atoms with E-state index in [0.29, 0.717) is 0 Å². The minimum atomic E-state index is 1.69. The van der Waals surface area contributed by atoms with Crippen molar-refractivity contribution < 1.29 is 0 Å². The highest BCUT2D eigenvalue weighted by molar-refractivity contribution is 5.53. The zero-order chi connectivity index (χ0) is 5.11. The monoisotopic (exact) mass is 94.1 g/mol. The zero-order valence-corrected chi connectivity index (χ0v) is 4.13. The van der Waals surface area contributed by atoms with Crippen LogP contribution < -0.4 is 0 Å². The van der Waals surface area contributed by atoms with Crippen LogP contribution >= 0.6 is 0 Å². The summed E-state index contributed by atoms with van der Waals surface area (Å²) in [5, 5.41) is 0. The molecule has 0 spiro atoms. The fraction of sp³-hybridized carbons (Fsp3) is 0.200. The third-order valence-electron chi connectivity index (χ3n) is 0.712. The predicted molar refractivity (Wildman–Crippen MR) is 28.9 cm³/mol. The van der Waals surface area contributed by atoms with Crippen LogP contribution in [0.15, 0.2) is 23.6 Å². The zero-order valence-electron chi connectivity index (χ0n) is 4.13. The highest BCUT2D eigenvalue weighted by atomic mass is 15.1. The summed E-state index contributed by atoms with van der Waals surface area (Å²) in [7, 11) is 1.93. The fourth-order valence-corrected chi connectivity index (χ4v) is 0.349. The van der Waals surface area contributed by atoms with Crippen molar-refractivity contribution in [1.82, 2.24) is 4.90 Å². The molecule has 0 saturated heterocycles. The second kappa shape index (κ2) is 1.63. The molecule has 0 fully saturated rings. The molecular weight excluding hydrogens is 88.1 g/mol. The molecule has 7 heavy (non-hydrogen) atoms. The number of aliphatic imine (C=N–C) groups is 1. The van der Waals surface area contributed by atoms with Crippen LogP contribution in [0.4, 0.5) is 0 Å². The number of nitrogens with zero attached hydrogens (tertiary/aromatic N) is 2. The van der Waals surface area contributed by atoms with Crippen molar-refractivity contribution in [2.75, 3.05) is 7.05 Å². The van der Waals surface area contributed by atoms with Crippen LogP contribution in [0.2, 0.25) is 0 Å². The molecule has 36 valence electrons.